The maximum Gasteiger partial charge on any atom is 0.0440 e. The van der Waals surface area contributed by atoms with E-state index in [9.17, 15) is 0 Å². The number of rotatable bonds is 1. The van der Waals surface area contributed by atoms with Crippen LogP contribution in [0.1, 0.15) is 11.1 Å². The fraction of sp³-hybridized carbons (Fsp3) is 0.222. The van der Waals surface area contributed by atoms with Gasteiger partial charge in [0.25, 0.3) is 0 Å². The van der Waals surface area contributed by atoms with Crippen LogP contribution in [-0.2, 0) is 6.42 Å². The Hall–Kier alpha value is -0.490. The highest BCUT2D eigenvalue weighted by molar-refractivity contribution is 6.31. The number of hydrogen-bond acceptors (Lipinski definition) is 0. The first-order valence-corrected chi connectivity index (χ1v) is 3.66. The van der Waals surface area contributed by atoms with E-state index < -0.39 is 0 Å². The Labute approximate surface area is 66.8 Å². The van der Waals surface area contributed by atoms with E-state index in [1.807, 2.05) is 25.1 Å². The fourth-order valence-corrected chi connectivity index (χ4v) is 1.18. The molecule has 53 valence electrons. The SMILES string of the molecule is [CH2]Cc1ccc(C)cc1Cl. The Kier molecular flexibility index (Phi) is 2.34. The summed E-state index contributed by atoms with van der Waals surface area (Å²) < 4.78 is 0. The fourth-order valence-electron chi connectivity index (χ4n) is 0.855. The lowest BCUT2D eigenvalue weighted by Gasteiger charge is -1.99. The van der Waals surface area contributed by atoms with Gasteiger partial charge in [-0.1, -0.05) is 23.7 Å². The lowest BCUT2D eigenvalue weighted by molar-refractivity contribution is 1.26. The van der Waals surface area contributed by atoms with E-state index in [1.165, 1.54) is 5.56 Å². The molecule has 0 bridgehead atoms. The third kappa shape index (κ3) is 1.51. The summed E-state index contributed by atoms with van der Waals surface area (Å²) in [5.41, 5.74) is 2.31. The minimum absolute atomic E-state index is 0.763. The molecule has 0 N–H and O–H groups in total. The Morgan fingerprint density at radius 2 is 2.20 bits per heavy atom. The monoisotopic (exact) mass is 153 g/mol. The molecule has 0 unspecified atom stereocenters. The molecular formula is C9H10Cl. The molecule has 0 saturated heterocycles. The summed E-state index contributed by atoms with van der Waals surface area (Å²) in [4.78, 5) is 0. The molecule has 0 aliphatic heterocycles. The van der Waals surface area contributed by atoms with Crippen LogP contribution in [0.15, 0.2) is 18.2 Å². The molecular weight excluding hydrogens is 144 g/mol. The van der Waals surface area contributed by atoms with E-state index >= 15 is 0 Å². The van der Waals surface area contributed by atoms with E-state index in [-0.39, 0.29) is 0 Å². The van der Waals surface area contributed by atoms with Crippen molar-refractivity contribution in [3.05, 3.63) is 41.3 Å². The quantitative estimate of drug-likeness (QED) is 0.582. The smallest absolute Gasteiger partial charge is 0.0440 e. The molecule has 1 heteroatoms. The van der Waals surface area contributed by atoms with Gasteiger partial charge in [0.1, 0.15) is 0 Å². The third-order valence-corrected chi connectivity index (χ3v) is 1.83. The van der Waals surface area contributed by atoms with E-state index in [4.69, 9.17) is 11.6 Å². The lowest BCUT2D eigenvalue weighted by Crippen LogP contribution is -1.82. The molecule has 0 nitrogen and oxygen atoms in total. The second-order valence-corrected chi connectivity index (χ2v) is 2.75. The molecule has 0 spiro atoms. The van der Waals surface area contributed by atoms with E-state index in [0.29, 0.717) is 0 Å². The second-order valence-electron chi connectivity index (χ2n) is 2.34. The van der Waals surface area contributed by atoms with Crippen LogP contribution in [0.2, 0.25) is 5.02 Å². The molecule has 0 aliphatic rings. The highest BCUT2D eigenvalue weighted by Gasteiger charge is 1.95. The van der Waals surface area contributed by atoms with Gasteiger partial charge in [-0.05, 0) is 37.5 Å². The van der Waals surface area contributed by atoms with Gasteiger partial charge in [0.2, 0.25) is 0 Å². The van der Waals surface area contributed by atoms with Crippen molar-refractivity contribution in [1.29, 1.82) is 0 Å². The van der Waals surface area contributed by atoms with Gasteiger partial charge in [0.05, 0.1) is 0 Å². The second kappa shape index (κ2) is 3.07. The summed E-state index contributed by atoms with van der Waals surface area (Å²) >= 11 is 5.89. The summed E-state index contributed by atoms with van der Waals surface area (Å²) in [6.45, 7) is 5.79. The Morgan fingerprint density at radius 1 is 1.50 bits per heavy atom. The molecule has 0 fully saturated rings. The van der Waals surface area contributed by atoms with Crippen LogP contribution in [0.5, 0.6) is 0 Å². The molecule has 0 atom stereocenters. The van der Waals surface area contributed by atoms with Crippen LogP contribution in [0.25, 0.3) is 0 Å². The predicted molar refractivity (Wildman–Crippen MR) is 45.3 cm³/mol. The summed E-state index contributed by atoms with van der Waals surface area (Å²) in [6.07, 6.45) is 0.763. The first-order valence-electron chi connectivity index (χ1n) is 3.28. The summed E-state index contributed by atoms with van der Waals surface area (Å²) in [7, 11) is 0. The van der Waals surface area contributed by atoms with Gasteiger partial charge in [-0.15, -0.1) is 0 Å². The normalized spacial score (nSPS) is 9.90. The number of aryl methyl sites for hydroxylation is 1. The maximum absolute atomic E-state index is 5.89. The minimum atomic E-state index is 0.763. The molecule has 1 aromatic carbocycles. The molecule has 0 aromatic heterocycles. The van der Waals surface area contributed by atoms with Gasteiger partial charge < -0.3 is 0 Å². The highest BCUT2D eigenvalue weighted by atomic mass is 35.5. The lowest BCUT2D eigenvalue weighted by atomic mass is 10.1. The molecule has 0 heterocycles. The van der Waals surface area contributed by atoms with Crippen molar-refractivity contribution in [2.45, 2.75) is 13.3 Å². The number of benzene rings is 1. The van der Waals surface area contributed by atoms with Crippen molar-refractivity contribution in [2.24, 2.45) is 0 Å². The third-order valence-electron chi connectivity index (χ3n) is 1.48. The average molecular weight is 154 g/mol. The summed E-state index contributed by atoms with van der Waals surface area (Å²) in [6, 6.07) is 6.03. The van der Waals surface area contributed by atoms with Gasteiger partial charge in [-0.25, -0.2) is 0 Å². The first kappa shape index (κ1) is 7.62. The minimum Gasteiger partial charge on any atom is -0.0840 e. The Bertz CT molecular complexity index is 228. The summed E-state index contributed by atoms with van der Waals surface area (Å²) in [5, 5.41) is 0.829. The molecule has 0 saturated carbocycles. The van der Waals surface area contributed by atoms with Crippen LogP contribution >= 0.6 is 11.6 Å². The van der Waals surface area contributed by atoms with Crippen molar-refractivity contribution in [2.75, 3.05) is 0 Å². The number of halogens is 1. The van der Waals surface area contributed by atoms with Crippen LogP contribution < -0.4 is 0 Å². The zero-order valence-electron chi connectivity index (χ0n) is 6.02. The van der Waals surface area contributed by atoms with E-state index in [1.54, 1.807) is 0 Å². The van der Waals surface area contributed by atoms with Crippen LogP contribution in [-0.4, -0.2) is 0 Å². The van der Waals surface area contributed by atoms with Crippen molar-refractivity contribution < 1.29 is 0 Å². The molecule has 1 radical (unpaired) electrons. The van der Waals surface area contributed by atoms with Crippen molar-refractivity contribution in [3.8, 4) is 0 Å². The predicted octanol–water partition coefficient (Wildman–Crippen LogP) is 3.03. The van der Waals surface area contributed by atoms with Crippen LogP contribution in [0.4, 0.5) is 0 Å². The molecule has 1 rings (SSSR count). The van der Waals surface area contributed by atoms with Crippen LogP contribution in [0, 0.1) is 13.8 Å². The zero-order chi connectivity index (χ0) is 7.56. The van der Waals surface area contributed by atoms with E-state index in [2.05, 4.69) is 6.92 Å². The van der Waals surface area contributed by atoms with Crippen LogP contribution in [0.3, 0.4) is 0 Å². The molecule has 0 amide bonds. The zero-order valence-corrected chi connectivity index (χ0v) is 6.78. The Morgan fingerprint density at radius 3 is 2.70 bits per heavy atom. The van der Waals surface area contributed by atoms with Crippen molar-refractivity contribution in [3.63, 3.8) is 0 Å². The van der Waals surface area contributed by atoms with Gasteiger partial charge in [0.15, 0.2) is 0 Å². The largest absolute Gasteiger partial charge is 0.0840 e. The first-order chi connectivity index (χ1) is 4.74. The van der Waals surface area contributed by atoms with Gasteiger partial charge in [-0.2, -0.15) is 0 Å². The van der Waals surface area contributed by atoms with Crippen molar-refractivity contribution in [1.82, 2.24) is 0 Å². The molecule has 0 aliphatic carbocycles. The number of hydrogen-bond donors (Lipinski definition) is 0. The maximum atomic E-state index is 5.89. The molecule has 1 aromatic rings. The molecule has 10 heavy (non-hydrogen) atoms. The van der Waals surface area contributed by atoms with Gasteiger partial charge >= 0.3 is 0 Å². The van der Waals surface area contributed by atoms with Crippen molar-refractivity contribution >= 4 is 11.6 Å². The Balaban J connectivity index is 3.07. The van der Waals surface area contributed by atoms with E-state index in [0.717, 1.165) is 17.0 Å². The topological polar surface area (TPSA) is 0 Å². The standard InChI is InChI=1S/C9H10Cl/c1-3-8-5-4-7(2)6-9(8)10/h4-6H,1,3H2,2H3. The highest BCUT2D eigenvalue weighted by Crippen LogP contribution is 2.17. The van der Waals surface area contributed by atoms with Gasteiger partial charge in [0, 0.05) is 5.02 Å². The van der Waals surface area contributed by atoms with Gasteiger partial charge in [-0.3, -0.25) is 0 Å². The average Bonchev–Trinajstić information content (AvgIpc) is 1.88. The summed E-state index contributed by atoms with van der Waals surface area (Å²) in [5.74, 6) is 0.